The molecule has 0 N–H and O–H groups in total. The minimum absolute atomic E-state index is 0. The summed E-state index contributed by atoms with van der Waals surface area (Å²) >= 11 is 1.50. The second-order valence-electron chi connectivity index (χ2n) is 11.1. The first-order valence-corrected chi connectivity index (χ1v) is 15.4. The van der Waals surface area contributed by atoms with E-state index in [1.165, 1.54) is 22.5 Å². The molecule has 0 amide bonds. The molecule has 0 unspecified atom stereocenters. The van der Waals surface area contributed by atoms with Crippen LogP contribution in [-0.4, -0.2) is 14.5 Å². The van der Waals surface area contributed by atoms with Crippen LogP contribution in [0, 0.1) is 18.3 Å². The Hall–Kier alpha value is -3.89. The topological polar surface area (TPSA) is 30.7 Å². The van der Waals surface area contributed by atoms with Crippen LogP contribution in [0.15, 0.2) is 109 Å². The third kappa shape index (κ3) is 6.32. The number of para-hydroxylation sites is 3. The first-order chi connectivity index (χ1) is 22.1. The van der Waals surface area contributed by atoms with Crippen molar-refractivity contribution < 1.29 is 24.2 Å². The Labute approximate surface area is 282 Å². The van der Waals surface area contributed by atoms with E-state index in [0.29, 0.717) is 17.4 Å². The number of fused-ring (bicyclic) bond motifs is 2. The number of pyridine rings is 1. The molecule has 7 rings (SSSR count). The predicted octanol–water partition coefficient (Wildman–Crippen LogP) is 10.8. The smallest absolute Gasteiger partial charge is 0.0774 e. The molecule has 3 aromatic heterocycles. The molecule has 1 radical (unpaired) electrons. The fourth-order valence-electron chi connectivity index (χ4n) is 5.41. The van der Waals surface area contributed by atoms with Gasteiger partial charge in [0.1, 0.15) is 0 Å². The second-order valence-corrected chi connectivity index (χ2v) is 12.0. The van der Waals surface area contributed by atoms with Crippen LogP contribution in [0.25, 0.3) is 49.5 Å². The minimum Gasteiger partial charge on any atom is -0.333 e. The van der Waals surface area contributed by atoms with E-state index in [9.17, 15) is 0 Å². The van der Waals surface area contributed by atoms with Crippen molar-refractivity contribution in [3.05, 3.63) is 137 Å². The summed E-state index contributed by atoms with van der Waals surface area (Å²) in [6.07, 6.45) is 1.79. The van der Waals surface area contributed by atoms with E-state index < -0.39 is 6.85 Å². The fraction of sp³-hybridized carbons (Fsp3) is 0.179. The summed E-state index contributed by atoms with van der Waals surface area (Å²) in [5.74, 6) is 1.45. The molecule has 0 saturated carbocycles. The standard InChI is InChI=1S/C28H27N2S.C11H8N.Ir/c1-17(2)20-9-8-10-21(18(3)4)27(20)30-25-12-7-6-11-24(25)29-28(30)23-16-31-26-14-13-19(5)15-22(23)26;1-2-6-10(7-3-1)11-8-4-5-9-12-11;/h6-15,17-18H,1-5H3;1-6,8-9H;/q2*-1;/i5D3;;. The Balaban J connectivity index is 0.000000280. The van der Waals surface area contributed by atoms with Crippen LogP contribution in [0.3, 0.4) is 0 Å². The number of benzene rings is 4. The maximum Gasteiger partial charge on any atom is 0.0774 e. The van der Waals surface area contributed by atoms with Crippen molar-refractivity contribution >= 4 is 32.5 Å². The number of aryl methyl sites for hydroxylation is 1. The Morgan fingerprint density at radius 2 is 1.57 bits per heavy atom. The quantitative estimate of drug-likeness (QED) is 0.163. The van der Waals surface area contributed by atoms with E-state index in [1.807, 2.05) is 66.7 Å². The van der Waals surface area contributed by atoms with Crippen molar-refractivity contribution in [3.63, 3.8) is 0 Å². The third-order valence-electron chi connectivity index (χ3n) is 7.51. The fourth-order valence-corrected chi connectivity index (χ4v) is 6.23. The zero-order valence-electron chi connectivity index (χ0n) is 28.1. The van der Waals surface area contributed by atoms with E-state index in [2.05, 4.69) is 73.0 Å². The molecular weight excluding hydrogens is 735 g/mol. The van der Waals surface area contributed by atoms with Crippen molar-refractivity contribution in [2.75, 3.05) is 0 Å². The number of rotatable bonds is 5. The molecule has 44 heavy (non-hydrogen) atoms. The van der Waals surface area contributed by atoms with Gasteiger partial charge in [0.15, 0.2) is 0 Å². The normalized spacial score (nSPS) is 12.4. The predicted molar refractivity (Wildman–Crippen MR) is 182 cm³/mol. The van der Waals surface area contributed by atoms with Crippen LogP contribution in [0.4, 0.5) is 0 Å². The van der Waals surface area contributed by atoms with Crippen LogP contribution >= 0.6 is 11.3 Å². The average molecular weight is 773 g/mol. The van der Waals surface area contributed by atoms with E-state index in [1.54, 1.807) is 18.3 Å². The summed E-state index contributed by atoms with van der Waals surface area (Å²) in [7, 11) is 0. The maximum atomic E-state index is 7.90. The number of thiophene rings is 1. The SMILES string of the molecule is [2H]C([2H])([2H])c1ccc2s[c-]c(-c3nc4ccccc4n3-c3c(C(C)C)cccc3C(C)C)c2c1.[Ir].[c-]1ccccc1-c1ccccn1. The van der Waals surface area contributed by atoms with Gasteiger partial charge in [0.05, 0.1) is 16.9 Å². The zero-order valence-corrected chi connectivity index (χ0v) is 28.3. The molecule has 3 heterocycles. The summed E-state index contributed by atoms with van der Waals surface area (Å²) in [5, 5.41) is 4.33. The Bertz CT molecular complexity index is 2040. The molecule has 0 fully saturated rings. The number of hydrogen-bond donors (Lipinski definition) is 0. The van der Waals surface area contributed by atoms with Crippen molar-refractivity contribution in [1.29, 1.82) is 0 Å². The van der Waals surface area contributed by atoms with Crippen LogP contribution in [0.5, 0.6) is 0 Å². The zero-order chi connectivity index (χ0) is 32.4. The molecule has 0 aliphatic rings. The molecule has 223 valence electrons. The number of aromatic nitrogens is 3. The van der Waals surface area contributed by atoms with Gasteiger partial charge in [-0.15, -0.1) is 47.3 Å². The van der Waals surface area contributed by atoms with Gasteiger partial charge in [0.2, 0.25) is 0 Å². The Morgan fingerprint density at radius 1 is 0.818 bits per heavy atom. The van der Waals surface area contributed by atoms with Gasteiger partial charge in [-0.3, -0.25) is 16.3 Å². The monoisotopic (exact) mass is 773 g/mol. The number of hydrogen-bond acceptors (Lipinski definition) is 3. The average Bonchev–Trinajstić information content (AvgIpc) is 3.66. The molecule has 0 aliphatic carbocycles. The van der Waals surface area contributed by atoms with E-state index in [4.69, 9.17) is 9.10 Å². The van der Waals surface area contributed by atoms with Crippen LogP contribution in [-0.2, 0) is 20.1 Å². The summed E-state index contributed by atoms with van der Waals surface area (Å²) in [5.41, 5.74) is 8.82. The van der Waals surface area contributed by atoms with Gasteiger partial charge >= 0.3 is 0 Å². The number of nitrogens with zero attached hydrogens (tertiary/aromatic N) is 3. The first-order valence-electron chi connectivity index (χ1n) is 16.1. The maximum absolute atomic E-state index is 7.90. The van der Waals surface area contributed by atoms with Gasteiger partial charge in [-0.25, -0.2) is 0 Å². The second kappa shape index (κ2) is 13.8. The Kier molecular flexibility index (Phi) is 8.68. The Morgan fingerprint density at radius 3 is 2.25 bits per heavy atom. The molecule has 0 saturated heterocycles. The number of imidazole rings is 1. The van der Waals surface area contributed by atoms with Gasteiger partial charge < -0.3 is 9.55 Å². The van der Waals surface area contributed by atoms with Gasteiger partial charge in [-0.2, -0.15) is 0 Å². The summed E-state index contributed by atoms with van der Waals surface area (Å²) in [4.78, 5) is 9.29. The molecule has 0 bridgehead atoms. The molecule has 7 aromatic rings. The van der Waals surface area contributed by atoms with Crippen molar-refractivity contribution in [2.45, 2.75) is 46.4 Å². The minimum atomic E-state index is -2.16. The molecular formula is C39H35IrN3S-2. The molecule has 0 atom stereocenters. The van der Waals surface area contributed by atoms with E-state index in [-0.39, 0.29) is 20.1 Å². The van der Waals surface area contributed by atoms with Crippen LogP contribution < -0.4 is 0 Å². The van der Waals surface area contributed by atoms with Gasteiger partial charge in [-0.05, 0) is 53.7 Å². The van der Waals surface area contributed by atoms with Crippen LogP contribution in [0.2, 0.25) is 0 Å². The summed E-state index contributed by atoms with van der Waals surface area (Å²) in [6, 6.07) is 36.9. The first kappa shape index (κ1) is 27.6. The molecule has 0 spiro atoms. The van der Waals surface area contributed by atoms with Gasteiger partial charge in [0, 0.05) is 36.1 Å². The molecule has 3 nitrogen and oxygen atoms in total. The van der Waals surface area contributed by atoms with Crippen molar-refractivity contribution in [2.24, 2.45) is 0 Å². The van der Waals surface area contributed by atoms with Crippen LogP contribution in [0.1, 0.15) is 60.3 Å². The molecule has 4 aromatic carbocycles. The van der Waals surface area contributed by atoms with E-state index in [0.717, 1.165) is 49.5 Å². The summed E-state index contributed by atoms with van der Waals surface area (Å²) in [6.45, 7) is 6.71. The van der Waals surface area contributed by atoms with Gasteiger partial charge in [-0.1, -0.05) is 103 Å². The van der Waals surface area contributed by atoms with Gasteiger partial charge in [0.25, 0.3) is 0 Å². The largest absolute Gasteiger partial charge is 0.333 e. The molecule has 5 heteroatoms. The molecule has 0 aliphatic heterocycles. The summed E-state index contributed by atoms with van der Waals surface area (Å²) < 4.78 is 27.0. The third-order valence-corrected chi connectivity index (χ3v) is 8.39. The van der Waals surface area contributed by atoms with Crippen molar-refractivity contribution in [3.8, 4) is 28.3 Å². The van der Waals surface area contributed by atoms with E-state index >= 15 is 0 Å². The van der Waals surface area contributed by atoms with Crippen molar-refractivity contribution in [1.82, 2.24) is 14.5 Å².